The molecule has 0 bridgehead atoms. The molecule has 0 N–H and O–H groups in total. The number of methoxy groups -OCH3 is 2. The van der Waals surface area contributed by atoms with E-state index >= 15 is 0 Å². The topological polar surface area (TPSA) is 54.0 Å². The molecule has 0 atom stereocenters. The molecule has 5 nitrogen and oxygen atoms in total. The number of halogens is 1. The zero-order chi connectivity index (χ0) is 17.7. The van der Waals surface area contributed by atoms with E-state index in [-0.39, 0.29) is 0 Å². The monoisotopic (exact) mass is 350 g/mol. The molecule has 0 spiro atoms. The maximum absolute atomic E-state index is 12.4. The van der Waals surface area contributed by atoms with Crippen LogP contribution >= 0.6 is 11.6 Å². The number of benzene rings is 2. The van der Waals surface area contributed by atoms with E-state index in [1.807, 2.05) is 0 Å². The lowest BCUT2D eigenvalue weighted by Gasteiger charge is -2.24. The van der Waals surface area contributed by atoms with Gasteiger partial charge in [0.2, 0.25) is 5.60 Å². The molecule has 0 amide bonds. The Morgan fingerprint density at radius 1 is 0.875 bits per heavy atom. The van der Waals surface area contributed by atoms with Crippen LogP contribution in [0.25, 0.3) is 0 Å². The number of hydrogen-bond donors (Lipinski definition) is 0. The zero-order valence-corrected chi connectivity index (χ0v) is 14.7. The minimum atomic E-state index is -1.19. The number of hydrogen-bond acceptors (Lipinski definition) is 5. The Balaban J connectivity index is 2.13. The van der Waals surface area contributed by atoms with E-state index in [2.05, 4.69) is 0 Å². The van der Waals surface area contributed by atoms with Gasteiger partial charge in [0.15, 0.2) is 0 Å². The fraction of sp³-hybridized carbons (Fsp3) is 0.278. The first-order valence-electron chi connectivity index (χ1n) is 7.24. The SMILES string of the molecule is COc1cc(OC)cc(OC(=O)C(C)(C)Oc2ccc(Cl)cc2)c1. The number of carbonyl (C=O) groups is 1. The predicted molar refractivity (Wildman–Crippen MR) is 91.3 cm³/mol. The van der Waals surface area contributed by atoms with Gasteiger partial charge in [-0.2, -0.15) is 0 Å². The molecule has 0 heterocycles. The van der Waals surface area contributed by atoms with Gasteiger partial charge in [0.1, 0.15) is 23.0 Å². The van der Waals surface area contributed by atoms with Crippen molar-refractivity contribution < 1.29 is 23.7 Å². The molecule has 0 fully saturated rings. The summed E-state index contributed by atoms with van der Waals surface area (Å²) in [5, 5.41) is 0.589. The van der Waals surface area contributed by atoms with Crippen molar-refractivity contribution in [2.24, 2.45) is 0 Å². The van der Waals surface area contributed by atoms with Gasteiger partial charge in [0.25, 0.3) is 0 Å². The highest BCUT2D eigenvalue weighted by Crippen LogP contribution is 2.29. The average molecular weight is 351 g/mol. The van der Waals surface area contributed by atoms with Gasteiger partial charge in [-0.1, -0.05) is 11.6 Å². The lowest BCUT2D eigenvalue weighted by atomic mass is 10.1. The van der Waals surface area contributed by atoms with E-state index in [0.717, 1.165) is 0 Å². The van der Waals surface area contributed by atoms with Crippen molar-refractivity contribution in [1.82, 2.24) is 0 Å². The van der Waals surface area contributed by atoms with Crippen LogP contribution in [0.2, 0.25) is 5.02 Å². The number of carbonyl (C=O) groups excluding carboxylic acids is 1. The molecule has 0 aliphatic heterocycles. The van der Waals surface area contributed by atoms with Crippen LogP contribution in [0.5, 0.6) is 23.0 Å². The van der Waals surface area contributed by atoms with E-state index in [1.165, 1.54) is 14.2 Å². The molecule has 0 aromatic heterocycles. The third-order valence-electron chi connectivity index (χ3n) is 3.21. The molecule has 2 aromatic rings. The maximum Gasteiger partial charge on any atom is 0.355 e. The molecule has 0 unspecified atom stereocenters. The summed E-state index contributed by atoms with van der Waals surface area (Å²) in [6.07, 6.45) is 0. The lowest BCUT2D eigenvalue weighted by molar-refractivity contribution is -0.149. The summed E-state index contributed by atoms with van der Waals surface area (Å²) in [5.74, 6) is 1.32. The van der Waals surface area contributed by atoms with Gasteiger partial charge in [0.05, 0.1) is 14.2 Å². The van der Waals surface area contributed by atoms with Crippen molar-refractivity contribution >= 4 is 17.6 Å². The second-order valence-electron chi connectivity index (χ2n) is 5.50. The first kappa shape index (κ1) is 17.9. The smallest absolute Gasteiger partial charge is 0.355 e. The number of ether oxygens (including phenoxy) is 4. The Kier molecular flexibility index (Phi) is 5.57. The molecule has 0 saturated heterocycles. The molecule has 6 heteroatoms. The second-order valence-corrected chi connectivity index (χ2v) is 5.94. The largest absolute Gasteiger partial charge is 0.496 e. The molecule has 0 aliphatic rings. The van der Waals surface area contributed by atoms with Crippen LogP contribution in [-0.4, -0.2) is 25.8 Å². The van der Waals surface area contributed by atoms with Crippen molar-refractivity contribution in [1.29, 1.82) is 0 Å². The minimum absolute atomic E-state index is 0.309. The van der Waals surface area contributed by atoms with Gasteiger partial charge in [-0.25, -0.2) is 4.79 Å². The third kappa shape index (κ3) is 4.55. The molecule has 0 aliphatic carbocycles. The highest BCUT2D eigenvalue weighted by molar-refractivity contribution is 6.30. The van der Waals surface area contributed by atoms with Gasteiger partial charge >= 0.3 is 5.97 Å². The average Bonchev–Trinajstić information content (AvgIpc) is 2.56. The Morgan fingerprint density at radius 3 is 1.88 bits per heavy atom. The quantitative estimate of drug-likeness (QED) is 0.579. The van der Waals surface area contributed by atoms with Crippen LogP contribution in [0.1, 0.15) is 13.8 Å². The Labute approximate surface area is 146 Å². The van der Waals surface area contributed by atoms with Crippen LogP contribution in [0, 0.1) is 0 Å². The second kappa shape index (κ2) is 7.45. The van der Waals surface area contributed by atoms with Crippen LogP contribution in [0.3, 0.4) is 0 Å². The van der Waals surface area contributed by atoms with Gasteiger partial charge < -0.3 is 18.9 Å². The summed E-state index contributed by atoms with van der Waals surface area (Å²) in [6, 6.07) is 11.6. The summed E-state index contributed by atoms with van der Waals surface area (Å²) in [4.78, 5) is 12.4. The number of rotatable bonds is 6. The van der Waals surface area contributed by atoms with Crippen molar-refractivity contribution in [3.8, 4) is 23.0 Å². The van der Waals surface area contributed by atoms with Crippen molar-refractivity contribution in [3.05, 3.63) is 47.5 Å². The van der Waals surface area contributed by atoms with Gasteiger partial charge in [-0.3, -0.25) is 0 Å². The van der Waals surface area contributed by atoms with Crippen LogP contribution in [0.4, 0.5) is 0 Å². The molecule has 0 radical (unpaired) electrons. The Morgan fingerprint density at radius 2 is 1.38 bits per heavy atom. The van der Waals surface area contributed by atoms with E-state index in [1.54, 1.807) is 56.3 Å². The van der Waals surface area contributed by atoms with E-state index < -0.39 is 11.6 Å². The number of esters is 1. The maximum atomic E-state index is 12.4. The van der Waals surface area contributed by atoms with Crippen molar-refractivity contribution in [2.45, 2.75) is 19.4 Å². The van der Waals surface area contributed by atoms with Crippen LogP contribution < -0.4 is 18.9 Å². The van der Waals surface area contributed by atoms with E-state index in [0.29, 0.717) is 28.0 Å². The van der Waals surface area contributed by atoms with Crippen molar-refractivity contribution in [2.75, 3.05) is 14.2 Å². The first-order valence-corrected chi connectivity index (χ1v) is 7.62. The highest BCUT2D eigenvalue weighted by atomic mass is 35.5. The van der Waals surface area contributed by atoms with Gasteiger partial charge in [0, 0.05) is 23.2 Å². The van der Waals surface area contributed by atoms with Crippen molar-refractivity contribution in [3.63, 3.8) is 0 Å². The van der Waals surface area contributed by atoms with E-state index in [9.17, 15) is 4.79 Å². The minimum Gasteiger partial charge on any atom is -0.496 e. The first-order chi connectivity index (χ1) is 11.3. The van der Waals surface area contributed by atoms with Gasteiger partial charge in [-0.15, -0.1) is 0 Å². The lowest BCUT2D eigenvalue weighted by Crippen LogP contribution is -2.41. The molecular weight excluding hydrogens is 332 g/mol. The summed E-state index contributed by atoms with van der Waals surface area (Å²) < 4.78 is 21.4. The van der Waals surface area contributed by atoms with Crippen LogP contribution in [0.15, 0.2) is 42.5 Å². The summed E-state index contributed by atoms with van der Waals surface area (Å²) in [5.41, 5.74) is -1.19. The Hall–Kier alpha value is -2.40. The zero-order valence-electron chi connectivity index (χ0n) is 14.0. The normalized spacial score (nSPS) is 10.9. The fourth-order valence-corrected chi connectivity index (χ4v) is 2.04. The predicted octanol–water partition coefficient (Wildman–Crippen LogP) is 4.12. The van der Waals surface area contributed by atoms with E-state index in [4.69, 9.17) is 30.5 Å². The van der Waals surface area contributed by atoms with Crippen LogP contribution in [-0.2, 0) is 4.79 Å². The summed E-state index contributed by atoms with van der Waals surface area (Å²) >= 11 is 5.84. The molecule has 2 aromatic carbocycles. The molecule has 2 rings (SSSR count). The molecule has 0 saturated carbocycles. The molecular formula is C18H19ClO5. The molecule has 24 heavy (non-hydrogen) atoms. The standard InChI is InChI=1S/C18H19ClO5/c1-18(2,24-13-7-5-12(19)6-8-13)17(20)23-16-10-14(21-3)9-15(11-16)22-4/h5-11H,1-4H3. The fourth-order valence-electron chi connectivity index (χ4n) is 1.91. The molecule has 128 valence electrons. The highest BCUT2D eigenvalue weighted by Gasteiger charge is 2.32. The van der Waals surface area contributed by atoms with Gasteiger partial charge in [-0.05, 0) is 38.1 Å². The summed E-state index contributed by atoms with van der Waals surface area (Å²) in [6.45, 7) is 3.25. The summed E-state index contributed by atoms with van der Waals surface area (Å²) in [7, 11) is 3.04. The third-order valence-corrected chi connectivity index (χ3v) is 3.47. The Bertz CT molecular complexity index is 688.